The van der Waals surface area contributed by atoms with Crippen LogP contribution in [0.25, 0.3) is 123 Å². The molecule has 6 heterocycles. The quantitative estimate of drug-likeness (QED) is 0.0171. The van der Waals surface area contributed by atoms with Gasteiger partial charge in [-0.25, -0.2) is 89.8 Å². The number of amides is 1. The van der Waals surface area contributed by atoms with Gasteiger partial charge in [0, 0.05) is 125 Å². The molecule has 668 valence electrons. The number of H-pyrrole nitrogens is 2. The van der Waals surface area contributed by atoms with Gasteiger partial charge < -0.3 is 36.2 Å². The number of carboxylic acids is 1. The predicted molar refractivity (Wildman–Crippen MR) is 499 cm³/mol. The number of rotatable bonds is 19. The van der Waals surface area contributed by atoms with Crippen LogP contribution in [0.3, 0.4) is 0 Å². The van der Waals surface area contributed by atoms with Crippen molar-refractivity contribution in [3.63, 3.8) is 0 Å². The number of aromatic carboxylic acids is 1. The number of Topliss-reactive ketones (excluding diaryl/α,β-unsaturated/α-hetero) is 2. The third-order valence-corrected chi connectivity index (χ3v) is 21.0. The van der Waals surface area contributed by atoms with Crippen LogP contribution in [0, 0.1) is 46.5 Å². The number of fused-ring (bicyclic) bond motifs is 4. The Kier molecular flexibility index (Phi) is 32.1. The molecule has 18 rings (SSSR count). The lowest BCUT2D eigenvalue weighted by atomic mass is 9.80. The monoisotopic (exact) mass is 1890 g/mol. The normalized spacial score (nSPS) is 10.8. The van der Waals surface area contributed by atoms with Crippen LogP contribution in [0.5, 0.6) is 0 Å². The summed E-state index contributed by atoms with van der Waals surface area (Å²) in [6.45, 7) is 4.16. The zero-order valence-corrected chi connectivity index (χ0v) is 73.4. The Morgan fingerprint density at radius 3 is 1.02 bits per heavy atom. The van der Waals surface area contributed by atoms with Crippen molar-refractivity contribution in [2.45, 2.75) is 39.5 Å². The Hall–Kier alpha value is -14.5. The van der Waals surface area contributed by atoms with E-state index in [4.69, 9.17) is 73.8 Å². The summed E-state index contributed by atoms with van der Waals surface area (Å²) < 4.78 is 110. The lowest BCUT2D eigenvalue weighted by Gasteiger charge is -2.12. The maximum atomic E-state index is 14.8. The fraction of sp³-hybridized carbons (Fsp3) is 0.0816. The van der Waals surface area contributed by atoms with E-state index in [1.165, 1.54) is 159 Å². The third-order valence-electron chi connectivity index (χ3n) is 19.8. The molecule has 21 nitrogen and oxygen atoms in total. The number of ketones is 2. The van der Waals surface area contributed by atoms with E-state index in [1.807, 2.05) is 6.20 Å². The molecule has 0 spiro atoms. The van der Waals surface area contributed by atoms with Gasteiger partial charge in [-0.1, -0.05) is 58.0 Å². The molecule has 0 bridgehead atoms. The maximum absolute atomic E-state index is 14.8. The Morgan fingerprint density at radius 1 is 0.361 bits per heavy atom. The number of carbonyl (C=O) groups is 4. The van der Waals surface area contributed by atoms with Crippen molar-refractivity contribution in [3.05, 3.63) is 373 Å². The standard InChI is InChI=1S/C27H20ClF2N5O.C22H13ClF2N2O.C21H11ClF2N2O2.C16H10ClFN2O.C6H5BClFO2.C6H11N3/c28-18-6-9-21(30)20(15-18)26-25(16-3-7-19(29)8-4-16)34-22-10-5-17(14-23(22)35-26)27(36)33-11-1-2-24-31-12-13-32-24;1-12(28)14-4-9-19-20(10-14)27-22(17-11-15(23)5-8-18(17)25)21(26-19)13-2-6-16(24)7-3-13;22-13-4-7-16(24)15(10-13)20-19(11-1-5-14(23)6-2-11)25-17-8-3-12(21(27)28)9-18(17)26-20;1-9(21)11-4-7-13-14(8-11)20-16(17)15(19-13)10-2-5-12(18)6-3-10;8-4-1-2-6(9)5(3-4)7(10)11;7-3-1-2-6-8-4-5-9-6/h3-10,12-15H,1-2,11H2,(H,31,32)(H,33,36);2-11H,1H3;1-10H,(H,27,28);2-8H,1H3;1-3,10-11H;4-5H,1-3,7H2,(H,8,9). The average molecular weight is 1900 g/mol. The van der Waals surface area contributed by atoms with Gasteiger partial charge in [-0.15, -0.1) is 0 Å². The summed E-state index contributed by atoms with van der Waals surface area (Å²) in [4.78, 5) is 97.6. The number of aromatic nitrogens is 12. The number of halogens is 13. The SMILES string of the molecule is CC(=O)c1ccc2nc(-c3ccc(F)cc3)c(-c3cc(Cl)ccc3F)nc2c1.CC(=O)c1ccc2nc(-c3ccc(F)cc3)c(Cl)nc2c1.NCCCc1ncc[nH]1.O=C(NCCCc1ncc[nH]1)c1ccc2nc(-c3ccc(F)cc3)c(-c3cc(Cl)ccc3F)nc2c1.O=C(O)c1ccc2nc(-c3ccc(F)cc3)c(-c3cc(Cl)ccc3F)nc2c1.OB(O)c1cc(Cl)ccc1F. The number of nitrogens with zero attached hydrogens (tertiary/aromatic N) is 10. The second kappa shape index (κ2) is 44.4. The van der Waals surface area contributed by atoms with Crippen LogP contribution in [-0.2, 0) is 12.8 Å². The highest BCUT2D eigenvalue weighted by Crippen LogP contribution is 2.39. The number of aromatic amines is 2. The number of nitrogens with two attached hydrogens (primary N) is 1. The number of carboxylic acid groups (broad SMARTS) is 1. The fourth-order valence-electron chi connectivity index (χ4n) is 13.1. The Balaban J connectivity index is 0.000000142. The van der Waals surface area contributed by atoms with Crippen molar-refractivity contribution in [1.29, 1.82) is 0 Å². The molecule has 0 saturated carbocycles. The van der Waals surface area contributed by atoms with Gasteiger partial charge in [0.25, 0.3) is 5.91 Å². The summed E-state index contributed by atoms with van der Waals surface area (Å²) in [7, 11) is -1.81. The van der Waals surface area contributed by atoms with E-state index >= 15 is 0 Å². The van der Waals surface area contributed by atoms with Gasteiger partial charge in [0.15, 0.2) is 16.7 Å². The predicted octanol–water partition coefficient (Wildman–Crippen LogP) is 22.4. The number of imidazole rings is 2. The van der Waals surface area contributed by atoms with E-state index in [1.54, 1.807) is 110 Å². The minimum atomic E-state index is -1.81. The van der Waals surface area contributed by atoms with Gasteiger partial charge in [0.2, 0.25) is 0 Å². The average Bonchev–Trinajstić information content (AvgIpc) is 1.20. The first-order valence-electron chi connectivity index (χ1n) is 40.2. The lowest BCUT2D eigenvalue weighted by Crippen LogP contribution is -2.32. The molecule has 133 heavy (non-hydrogen) atoms. The first-order valence-corrected chi connectivity index (χ1v) is 42.1. The number of hydrogen-bond acceptors (Lipinski definition) is 17. The minimum Gasteiger partial charge on any atom is -0.478 e. The Labute approximate surface area is 778 Å². The molecule has 8 N–H and O–H groups in total. The molecule has 1 amide bonds. The molecular formula is C98H70BCl5F8N14O7. The summed E-state index contributed by atoms with van der Waals surface area (Å²) in [5.41, 5.74) is 15.5. The number of hydrogen-bond donors (Lipinski definition) is 7. The summed E-state index contributed by atoms with van der Waals surface area (Å²) in [6, 6.07) is 58.2. The van der Waals surface area contributed by atoms with Crippen LogP contribution in [0.15, 0.2) is 267 Å². The number of nitrogens with one attached hydrogen (secondary N) is 3. The van der Waals surface area contributed by atoms with Crippen LogP contribution in [0.4, 0.5) is 35.1 Å². The largest absolute Gasteiger partial charge is 0.491 e. The van der Waals surface area contributed by atoms with Crippen LogP contribution in [-0.4, -0.2) is 119 Å². The maximum Gasteiger partial charge on any atom is 0.491 e. The van der Waals surface area contributed by atoms with Crippen molar-refractivity contribution < 1.29 is 69.5 Å². The summed E-state index contributed by atoms with van der Waals surface area (Å²) in [5.74, 6) is -3.43. The van der Waals surface area contributed by atoms with Crippen molar-refractivity contribution in [2.75, 3.05) is 13.1 Å². The fourth-order valence-corrected chi connectivity index (χ4v) is 14.1. The van der Waals surface area contributed by atoms with Crippen LogP contribution in [0.2, 0.25) is 25.2 Å². The molecule has 0 aliphatic rings. The summed E-state index contributed by atoms with van der Waals surface area (Å²) in [6.07, 6.45) is 10.4. The minimum absolute atomic E-state index is 0.0360. The summed E-state index contributed by atoms with van der Waals surface area (Å²) in [5, 5.41) is 30.8. The van der Waals surface area contributed by atoms with Crippen molar-refractivity contribution in [2.24, 2.45) is 5.73 Å². The zero-order chi connectivity index (χ0) is 94.7. The van der Waals surface area contributed by atoms with Gasteiger partial charge in [0.1, 0.15) is 81.0 Å². The van der Waals surface area contributed by atoms with Gasteiger partial charge in [-0.2, -0.15) is 0 Å². The molecule has 6 aromatic heterocycles. The molecule has 18 aromatic rings. The highest BCUT2D eigenvalue weighted by Gasteiger charge is 2.24. The topological polar surface area (TPSA) is 328 Å². The second-order valence-electron chi connectivity index (χ2n) is 29.1. The summed E-state index contributed by atoms with van der Waals surface area (Å²) >= 11 is 29.9. The van der Waals surface area contributed by atoms with Crippen molar-refractivity contribution in [3.8, 4) is 78.8 Å². The molecule has 0 saturated heterocycles. The van der Waals surface area contributed by atoms with Crippen molar-refractivity contribution >= 4 is 138 Å². The molecule has 0 radical (unpaired) electrons. The number of aryl methyl sites for hydroxylation is 2. The molecule has 0 unspecified atom stereocenters. The Morgan fingerprint density at radius 2 is 0.677 bits per heavy atom. The molecular weight excluding hydrogens is 1830 g/mol. The molecule has 0 aliphatic heterocycles. The lowest BCUT2D eigenvalue weighted by molar-refractivity contribution is 0.0696. The molecule has 12 aromatic carbocycles. The number of benzene rings is 12. The first kappa shape index (κ1) is 96.1. The van der Waals surface area contributed by atoms with Crippen LogP contribution in [0.1, 0.15) is 79.8 Å². The van der Waals surface area contributed by atoms with Gasteiger partial charge in [-0.05, 0) is 276 Å². The zero-order valence-electron chi connectivity index (χ0n) is 69.7. The number of carbonyl (C=O) groups excluding carboxylic acids is 3. The van der Waals surface area contributed by atoms with Crippen LogP contribution < -0.4 is 16.5 Å². The molecule has 0 fully saturated rings. The van der Waals surface area contributed by atoms with Gasteiger partial charge >= 0.3 is 13.1 Å². The molecule has 0 aliphatic carbocycles. The molecule has 0 atom stereocenters. The van der Waals surface area contributed by atoms with Crippen molar-refractivity contribution in [1.82, 2.24) is 65.1 Å². The van der Waals surface area contributed by atoms with Crippen LogP contribution >= 0.6 is 58.0 Å². The first-order chi connectivity index (χ1) is 63.9. The van der Waals surface area contributed by atoms with E-state index < -0.39 is 48.0 Å². The van der Waals surface area contributed by atoms with E-state index in [0.717, 1.165) is 49.9 Å². The van der Waals surface area contributed by atoms with E-state index in [2.05, 4.69) is 65.1 Å². The van der Waals surface area contributed by atoms with Gasteiger partial charge in [0.05, 0.1) is 66.8 Å². The third kappa shape index (κ3) is 25.0. The van der Waals surface area contributed by atoms with E-state index in [-0.39, 0.29) is 84.1 Å². The van der Waals surface area contributed by atoms with E-state index in [0.29, 0.717) is 127 Å². The highest BCUT2D eigenvalue weighted by atomic mass is 35.5. The smallest absolute Gasteiger partial charge is 0.478 e. The second-order valence-corrected chi connectivity index (χ2v) is 31.2. The van der Waals surface area contributed by atoms with Gasteiger partial charge in [-0.3, -0.25) is 14.4 Å². The highest BCUT2D eigenvalue weighted by molar-refractivity contribution is 6.59. The van der Waals surface area contributed by atoms with E-state index in [9.17, 15) is 59.4 Å². The molecule has 35 heteroatoms. The Bertz CT molecular complexity index is 7110.